The first kappa shape index (κ1) is 16.6. The Bertz CT molecular complexity index is 939. The Kier molecular flexibility index (Phi) is 4.75. The highest BCUT2D eigenvalue weighted by molar-refractivity contribution is 6.00. The minimum atomic E-state index is -1.17. The van der Waals surface area contributed by atoms with Gasteiger partial charge in [0.15, 0.2) is 0 Å². The molecule has 3 aromatic carbocycles. The number of hydrogen-bond donors (Lipinski definition) is 2. The minimum Gasteiger partial charge on any atom is -0.480 e. The quantitative estimate of drug-likeness (QED) is 0.750. The molecule has 0 fully saturated rings. The lowest BCUT2D eigenvalue weighted by molar-refractivity contribution is -0.139. The summed E-state index contributed by atoms with van der Waals surface area (Å²) in [6.45, 7) is 0. The van der Waals surface area contributed by atoms with Gasteiger partial charge in [0.1, 0.15) is 11.9 Å². The Hall–Kier alpha value is -3.21. The molecule has 0 radical (unpaired) electrons. The summed E-state index contributed by atoms with van der Waals surface area (Å²) < 4.78 is 13.3. The number of aliphatic carboxylic acids is 1. The predicted molar refractivity (Wildman–Crippen MR) is 92.9 cm³/mol. The summed E-state index contributed by atoms with van der Waals surface area (Å²) in [4.78, 5) is 23.9. The standard InChI is InChI=1S/C20H16FNO3/c21-17-7-3-4-13(10-17)11-18(20(24)25)22-19(23)16-9-8-14-5-1-2-6-15(14)12-16/h1-10,12,18H,11H2,(H,22,23)(H,24,25)/t18-/m0/s1. The second-order valence-corrected chi connectivity index (χ2v) is 5.76. The highest BCUT2D eigenvalue weighted by Gasteiger charge is 2.21. The van der Waals surface area contributed by atoms with E-state index in [1.165, 1.54) is 18.2 Å². The van der Waals surface area contributed by atoms with Crippen molar-refractivity contribution in [3.63, 3.8) is 0 Å². The number of benzene rings is 3. The molecule has 0 unspecified atom stereocenters. The van der Waals surface area contributed by atoms with Crippen LogP contribution in [0.1, 0.15) is 15.9 Å². The molecule has 0 bridgehead atoms. The molecule has 2 N–H and O–H groups in total. The molecule has 0 aliphatic carbocycles. The van der Waals surface area contributed by atoms with Crippen LogP contribution in [0, 0.1) is 5.82 Å². The van der Waals surface area contributed by atoms with Crippen molar-refractivity contribution >= 4 is 22.6 Å². The molecular formula is C20H16FNO3. The summed E-state index contributed by atoms with van der Waals surface area (Å²) in [5.41, 5.74) is 0.885. The maximum atomic E-state index is 13.3. The van der Waals surface area contributed by atoms with E-state index in [1.54, 1.807) is 18.2 Å². The number of hydrogen-bond acceptors (Lipinski definition) is 2. The summed E-state index contributed by atoms with van der Waals surface area (Å²) >= 11 is 0. The molecule has 0 aliphatic heterocycles. The van der Waals surface area contributed by atoms with E-state index < -0.39 is 23.7 Å². The average molecular weight is 337 g/mol. The second-order valence-electron chi connectivity index (χ2n) is 5.76. The van der Waals surface area contributed by atoms with Gasteiger partial charge in [-0.1, -0.05) is 42.5 Å². The molecule has 4 nitrogen and oxygen atoms in total. The molecule has 0 saturated carbocycles. The Morgan fingerprint density at radius 2 is 1.72 bits per heavy atom. The zero-order valence-corrected chi connectivity index (χ0v) is 13.3. The third-order valence-corrected chi connectivity index (χ3v) is 3.94. The first-order valence-electron chi connectivity index (χ1n) is 7.80. The van der Waals surface area contributed by atoms with E-state index in [-0.39, 0.29) is 6.42 Å². The van der Waals surface area contributed by atoms with Crippen molar-refractivity contribution in [1.82, 2.24) is 5.32 Å². The molecule has 5 heteroatoms. The third-order valence-electron chi connectivity index (χ3n) is 3.94. The fourth-order valence-electron chi connectivity index (χ4n) is 2.67. The predicted octanol–water partition coefficient (Wildman–Crippen LogP) is 3.40. The van der Waals surface area contributed by atoms with Gasteiger partial charge in [0.25, 0.3) is 5.91 Å². The largest absolute Gasteiger partial charge is 0.480 e. The van der Waals surface area contributed by atoms with Gasteiger partial charge in [-0.2, -0.15) is 0 Å². The zero-order chi connectivity index (χ0) is 17.8. The monoisotopic (exact) mass is 337 g/mol. The Morgan fingerprint density at radius 1 is 0.960 bits per heavy atom. The summed E-state index contributed by atoms with van der Waals surface area (Å²) in [6, 6.07) is 17.3. The molecule has 1 atom stereocenters. The number of fused-ring (bicyclic) bond motifs is 1. The van der Waals surface area contributed by atoms with E-state index in [9.17, 15) is 19.1 Å². The summed E-state index contributed by atoms with van der Waals surface area (Å²) in [6.07, 6.45) is 0.00636. The van der Waals surface area contributed by atoms with Crippen LogP contribution in [0.15, 0.2) is 66.7 Å². The van der Waals surface area contributed by atoms with Gasteiger partial charge in [-0.15, -0.1) is 0 Å². The van der Waals surface area contributed by atoms with Crippen molar-refractivity contribution in [2.75, 3.05) is 0 Å². The van der Waals surface area contributed by atoms with Gasteiger partial charge >= 0.3 is 5.97 Å². The fraction of sp³-hybridized carbons (Fsp3) is 0.100. The van der Waals surface area contributed by atoms with Crippen LogP contribution in [0.4, 0.5) is 4.39 Å². The van der Waals surface area contributed by atoms with Crippen LogP contribution >= 0.6 is 0 Å². The van der Waals surface area contributed by atoms with Gasteiger partial charge in [-0.3, -0.25) is 4.79 Å². The number of rotatable bonds is 5. The molecule has 3 aromatic rings. The fourth-order valence-corrected chi connectivity index (χ4v) is 2.67. The lowest BCUT2D eigenvalue weighted by Crippen LogP contribution is -2.42. The number of amides is 1. The number of halogens is 1. The number of carbonyl (C=O) groups is 2. The molecule has 0 aromatic heterocycles. The highest BCUT2D eigenvalue weighted by Crippen LogP contribution is 2.16. The van der Waals surface area contributed by atoms with Gasteiger partial charge in [-0.25, -0.2) is 9.18 Å². The van der Waals surface area contributed by atoms with Crippen LogP contribution < -0.4 is 5.32 Å². The van der Waals surface area contributed by atoms with Crippen molar-refractivity contribution < 1.29 is 19.1 Å². The molecule has 3 rings (SSSR count). The van der Waals surface area contributed by atoms with Gasteiger partial charge < -0.3 is 10.4 Å². The maximum absolute atomic E-state index is 13.3. The Morgan fingerprint density at radius 3 is 2.44 bits per heavy atom. The van der Waals surface area contributed by atoms with Crippen molar-refractivity contribution in [3.8, 4) is 0 Å². The lowest BCUT2D eigenvalue weighted by atomic mass is 10.0. The maximum Gasteiger partial charge on any atom is 0.326 e. The van der Waals surface area contributed by atoms with Crippen molar-refractivity contribution in [2.45, 2.75) is 12.5 Å². The van der Waals surface area contributed by atoms with Crippen LogP contribution in [0.25, 0.3) is 10.8 Å². The summed E-state index contributed by atoms with van der Waals surface area (Å²) in [5, 5.41) is 13.8. The second kappa shape index (κ2) is 7.13. The highest BCUT2D eigenvalue weighted by atomic mass is 19.1. The topological polar surface area (TPSA) is 66.4 Å². The zero-order valence-electron chi connectivity index (χ0n) is 13.3. The van der Waals surface area contributed by atoms with Crippen LogP contribution in [0.2, 0.25) is 0 Å². The van der Waals surface area contributed by atoms with Crippen LogP contribution in [-0.2, 0) is 11.2 Å². The number of carbonyl (C=O) groups excluding carboxylic acids is 1. The van der Waals surface area contributed by atoms with E-state index >= 15 is 0 Å². The molecular weight excluding hydrogens is 321 g/mol. The van der Waals surface area contributed by atoms with Crippen LogP contribution in [-0.4, -0.2) is 23.0 Å². The SMILES string of the molecule is O=C(N[C@@H](Cc1cccc(F)c1)C(=O)O)c1ccc2ccccc2c1. The normalized spacial score (nSPS) is 11.9. The number of nitrogens with one attached hydrogen (secondary N) is 1. The van der Waals surface area contributed by atoms with Crippen molar-refractivity contribution in [3.05, 3.63) is 83.7 Å². The molecule has 126 valence electrons. The molecule has 0 heterocycles. The van der Waals surface area contributed by atoms with E-state index in [0.29, 0.717) is 11.1 Å². The third kappa shape index (κ3) is 4.01. The number of carboxylic acids is 1. The van der Waals surface area contributed by atoms with E-state index in [0.717, 1.165) is 10.8 Å². The Balaban J connectivity index is 1.78. The van der Waals surface area contributed by atoms with Crippen LogP contribution in [0.3, 0.4) is 0 Å². The first-order valence-corrected chi connectivity index (χ1v) is 7.80. The molecule has 0 saturated heterocycles. The van der Waals surface area contributed by atoms with Gasteiger partial charge in [0, 0.05) is 12.0 Å². The lowest BCUT2D eigenvalue weighted by Gasteiger charge is -2.15. The van der Waals surface area contributed by atoms with Crippen molar-refractivity contribution in [2.24, 2.45) is 0 Å². The summed E-state index contributed by atoms with van der Waals surface area (Å²) in [5.74, 6) is -2.09. The smallest absolute Gasteiger partial charge is 0.326 e. The van der Waals surface area contributed by atoms with Gasteiger partial charge in [-0.05, 0) is 40.6 Å². The number of carboxylic acid groups (broad SMARTS) is 1. The molecule has 0 spiro atoms. The van der Waals surface area contributed by atoms with Crippen LogP contribution in [0.5, 0.6) is 0 Å². The molecule has 25 heavy (non-hydrogen) atoms. The van der Waals surface area contributed by atoms with E-state index in [1.807, 2.05) is 30.3 Å². The average Bonchev–Trinajstić information content (AvgIpc) is 2.60. The molecule has 0 aliphatic rings. The van der Waals surface area contributed by atoms with Gasteiger partial charge in [0.2, 0.25) is 0 Å². The summed E-state index contributed by atoms with van der Waals surface area (Å²) in [7, 11) is 0. The molecule has 1 amide bonds. The van der Waals surface area contributed by atoms with E-state index in [2.05, 4.69) is 5.32 Å². The van der Waals surface area contributed by atoms with E-state index in [4.69, 9.17) is 0 Å². The minimum absolute atomic E-state index is 0.00636. The van der Waals surface area contributed by atoms with Crippen molar-refractivity contribution in [1.29, 1.82) is 0 Å². The van der Waals surface area contributed by atoms with Gasteiger partial charge in [0.05, 0.1) is 0 Å². The first-order chi connectivity index (χ1) is 12.0. The Labute approximate surface area is 143 Å².